The Morgan fingerprint density at radius 3 is 2.53 bits per heavy atom. The molecule has 0 bridgehead atoms. The molecular formula is C21H24N4O4S. The first-order valence-electron chi connectivity index (χ1n) is 9.97. The second-order valence-electron chi connectivity index (χ2n) is 7.53. The normalized spacial score (nSPS) is 17.7. The van der Waals surface area contributed by atoms with E-state index in [-0.39, 0.29) is 43.5 Å². The average molecular weight is 429 g/mol. The fourth-order valence-corrected chi connectivity index (χ4v) is 5.40. The lowest BCUT2D eigenvalue weighted by atomic mass is 10.1. The third kappa shape index (κ3) is 3.95. The first-order chi connectivity index (χ1) is 14.4. The van der Waals surface area contributed by atoms with E-state index in [9.17, 15) is 18.0 Å². The summed E-state index contributed by atoms with van der Waals surface area (Å²) in [5.41, 5.74) is 0.974. The minimum Gasteiger partial charge on any atom is -0.343 e. The molecule has 30 heavy (non-hydrogen) atoms. The number of piperazine rings is 1. The second kappa shape index (κ2) is 8.16. The van der Waals surface area contributed by atoms with E-state index in [0.29, 0.717) is 11.3 Å². The Morgan fingerprint density at radius 2 is 1.87 bits per heavy atom. The van der Waals surface area contributed by atoms with E-state index < -0.39 is 15.9 Å². The lowest BCUT2D eigenvalue weighted by Gasteiger charge is -2.34. The number of pyridine rings is 1. The van der Waals surface area contributed by atoms with E-state index in [1.165, 1.54) is 4.31 Å². The van der Waals surface area contributed by atoms with Crippen molar-refractivity contribution in [2.45, 2.75) is 23.7 Å². The molecule has 4 rings (SSSR count). The summed E-state index contributed by atoms with van der Waals surface area (Å²) in [4.78, 5) is 29.8. The number of fused-ring (bicyclic) bond motifs is 1. The van der Waals surface area contributed by atoms with Crippen LogP contribution in [-0.2, 0) is 19.6 Å². The van der Waals surface area contributed by atoms with E-state index in [2.05, 4.69) is 16.9 Å². The van der Waals surface area contributed by atoms with Crippen LogP contribution in [0.5, 0.6) is 0 Å². The number of nitrogens with one attached hydrogen (secondary N) is 1. The van der Waals surface area contributed by atoms with Gasteiger partial charge in [0, 0.05) is 49.1 Å². The van der Waals surface area contributed by atoms with Crippen molar-refractivity contribution in [2.24, 2.45) is 0 Å². The van der Waals surface area contributed by atoms with Gasteiger partial charge in [0.15, 0.2) is 0 Å². The fraction of sp³-hybridized carbons (Fsp3) is 0.381. The molecule has 158 valence electrons. The summed E-state index contributed by atoms with van der Waals surface area (Å²) in [5, 5.41) is 4.04. The molecule has 2 aromatic rings. The van der Waals surface area contributed by atoms with Crippen molar-refractivity contribution in [1.82, 2.24) is 19.5 Å². The van der Waals surface area contributed by atoms with Crippen molar-refractivity contribution in [2.75, 3.05) is 32.7 Å². The topological polar surface area (TPSA) is 99.7 Å². The largest absolute Gasteiger partial charge is 0.343 e. The molecule has 0 spiro atoms. The maximum absolute atomic E-state index is 13.4. The van der Waals surface area contributed by atoms with E-state index in [0.717, 1.165) is 30.0 Å². The molecule has 8 nitrogen and oxygen atoms in total. The summed E-state index contributed by atoms with van der Waals surface area (Å²) in [6, 6.07) is 7.10. The summed E-state index contributed by atoms with van der Waals surface area (Å²) in [7, 11) is -3.70. The van der Waals surface area contributed by atoms with Gasteiger partial charge in [-0.05, 0) is 31.1 Å². The first kappa shape index (κ1) is 20.5. The molecule has 1 aliphatic carbocycles. The van der Waals surface area contributed by atoms with Gasteiger partial charge >= 0.3 is 0 Å². The van der Waals surface area contributed by atoms with Gasteiger partial charge in [0.1, 0.15) is 0 Å². The molecule has 1 saturated carbocycles. The summed E-state index contributed by atoms with van der Waals surface area (Å²) in [5.74, 6) is -0.240. The van der Waals surface area contributed by atoms with Gasteiger partial charge in [-0.25, -0.2) is 8.42 Å². The number of carbonyl (C=O) groups is 2. The van der Waals surface area contributed by atoms with Crippen molar-refractivity contribution in [1.29, 1.82) is 0 Å². The highest BCUT2D eigenvalue weighted by Gasteiger charge is 2.32. The molecule has 2 aliphatic rings. The van der Waals surface area contributed by atoms with Crippen molar-refractivity contribution in [3.8, 4) is 0 Å². The van der Waals surface area contributed by atoms with Gasteiger partial charge < -0.3 is 10.2 Å². The van der Waals surface area contributed by atoms with E-state index in [1.807, 2.05) is 6.07 Å². The number of benzene rings is 1. The van der Waals surface area contributed by atoms with Crippen LogP contribution < -0.4 is 5.32 Å². The lowest BCUT2D eigenvalue weighted by molar-refractivity contribution is -0.133. The molecule has 0 radical (unpaired) electrons. The van der Waals surface area contributed by atoms with Gasteiger partial charge in [0.25, 0.3) is 0 Å². The molecular weight excluding hydrogens is 404 g/mol. The highest BCUT2D eigenvalue weighted by Crippen LogP contribution is 2.42. The lowest BCUT2D eigenvalue weighted by Crippen LogP contribution is -2.52. The number of hydrogen-bond donors (Lipinski definition) is 1. The highest BCUT2D eigenvalue weighted by atomic mass is 32.2. The predicted octanol–water partition coefficient (Wildman–Crippen LogP) is 1.25. The standard InChI is InChI=1S/C21H24N4O4S/c1-2-19(26)23-14-20(27)24-10-12-25(13-11-24)30(28,29)18-5-3-4-17-16(18)8-9-22-21(17)15-6-7-15/h2-5,8-9,15H,1,6-7,10-14H2,(H,23,26). The van der Waals surface area contributed by atoms with Crippen LogP contribution in [0, 0.1) is 0 Å². The Labute approximate surface area is 175 Å². The zero-order valence-corrected chi connectivity index (χ0v) is 17.4. The Morgan fingerprint density at radius 1 is 1.13 bits per heavy atom. The minimum atomic E-state index is -3.70. The molecule has 2 amide bonds. The Bertz CT molecular complexity index is 1100. The Balaban J connectivity index is 1.50. The summed E-state index contributed by atoms with van der Waals surface area (Å²) in [6.45, 7) is 4.19. The molecule has 2 heterocycles. The van der Waals surface area contributed by atoms with Crippen LogP contribution in [0.3, 0.4) is 0 Å². The number of amides is 2. The predicted molar refractivity (Wildman–Crippen MR) is 112 cm³/mol. The first-order valence-corrected chi connectivity index (χ1v) is 11.4. The quantitative estimate of drug-likeness (QED) is 0.698. The van der Waals surface area contributed by atoms with Gasteiger partial charge in [-0.1, -0.05) is 18.7 Å². The third-order valence-corrected chi connectivity index (χ3v) is 7.53. The monoisotopic (exact) mass is 428 g/mol. The van der Waals surface area contributed by atoms with Crippen LogP contribution in [-0.4, -0.2) is 67.1 Å². The van der Waals surface area contributed by atoms with Crippen molar-refractivity contribution in [3.05, 3.63) is 48.8 Å². The SMILES string of the molecule is C=CC(=O)NCC(=O)N1CCN(S(=O)(=O)c2cccc3c(C4CC4)nccc23)CC1. The van der Waals surface area contributed by atoms with Crippen LogP contribution in [0.25, 0.3) is 10.8 Å². The zero-order valence-electron chi connectivity index (χ0n) is 16.6. The molecule has 0 unspecified atom stereocenters. The molecule has 1 aliphatic heterocycles. The molecule has 0 atom stereocenters. The molecule has 2 fully saturated rings. The summed E-state index contributed by atoms with van der Waals surface area (Å²) < 4.78 is 28.1. The number of carbonyl (C=O) groups excluding carboxylic acids is 2. The van der Waals surface area contributed by atoms with Crippen molar-refractivity contribution in [3.63, 3.8) is 0 Å². The minimum absolute atomic E-state index is 0.127. The molecule has 1 saturated heterocycles. The van der Waals surface area contributed by atoms with Crippen molar-refractivity contribution >= 4 is 32.6 Å². The zero-order chi connectivity index (χ0) is 21.3. The number of sulfonamides is 1. The smallest absolute Gasteiger partial charge is 0.243 e. The number of aromatic nitrogens is 1. The second-order valence-corrected chi connectivity index (χ2v) is 9.43. The Kier molecular flexibility index (Phi) is 5.57. The van der Waals surface area contributed by atoms with Crippen LogP contribution in [0.15, 0.2) is 48.0 Å². The molecule has 9 heteroatoms. The maximum Gasteiger partial charge on any atom is 0.243 e. The third-order valence-electron chi connectivity index (χ3n) is 5.57. The summed E-state index contributed by atoms with van der Waals surface area (Å²) >= 11 is 0. The Hall–Kier alpha value is -2.78. The van der Waals surface area contributed by atoms with Gasteiger partial charge in [0.2, 0.25) is 21.8 Å². The van der Waals surface area contributed by atoms with Gasteiger partial charge in [-0.3, -0.25) is 14.6 Å². The maximum atomic E-state index is 13.4. The van der Waals surface area contributed by atoms with Gasteiger partial charge in [-0.2, -0.15) is 4.31 Å². The molecule has 1 N–H and O–H groups in total. The van der Waals surface area contributed by atoms with E-state index in [1.54, 1.807) is 29.3 Å². The van der Waals surface area contributed by atoms with Crippen LogP contribution in [0.4, 0.5) is 0 Å². The summed E-state index contributed by atoms with van der Waals surface area (Å²) in [6.07, 6.45) is 4.97. The highest BCUT2D eigenvalue weighted by molar-refractivity contribution is 7.89. The van der Waals surface area contributed by atoms with Gasteiger partial charge in [0.05, 0.1) is 17.1 Å². The van der Waals surface area contributed by atoms with Crippen LogP contribution in [0.2, 0.25) is 0 Å². The van der Waals surface area contributed by atoms with Gasteiger partial charge in [-0.15, -0.1) is 0 Å². The van der Waals surface area contributed by atoms with Crippen molar-refractivity contribution < 1.29 is 18.0 Å². The number of hydrogen-bond acceptors (Lipinski definition) is 5. The van der Waals surface area contributed by atoms with E-state index in [4.69, 9.17) is 0 Å². The van der Waals surface area contributed by atoms with Crippen LogP contribution in [0.1, 0.15) is 24.5 Å². The molecule has 1 aromatic carbocycles. The van der Waals surface area contributed by atoms with E-state index >= 15 is 0 Å². The fourth-order valence-electron chi connectivity index (χ4n) is 3.77. The average Bonchev–Trinajstić information content (AvgIpc) is 3.61. The number of rotatable bonds is 6. The molecule has 1 aromatic heterocycles. The number of nitrogens with zero attached hydrogens (tertiary/aromatic N) is 3. The van der Waals surface area contributed by atoms with Crippen LogP contribution >= 0.6 is 0 Å².